The van der Waals surface area contributed by atoms with E-state index in [0.717, 1.165) is 0 Å². The van der Waals surface area contributed by atoms with Crippen molar-refractivity contribution in [3.63, 3.8) is 0 Å². The Morgan fingerprint density at radius 3 is 2.57 bits per heavy atom. The Bertz CT molecular complexity index is 720. The zero-order chi connectivity index (χ0) is 15.5. The van der Waals surface area contributed by atoms with E-state index in [0.29, 0.717) is 17.9 Å². The van der Waals surface area contributed by atoms with Crippen LogP contribution in [0.25, 0.3) is 0 Å². The lowest BCUT2D eigenvalue weighted by molar-refractivity contribution is 0.101. The van der Waals surface area contributed by atoms with Gasteiger partial charge in [0.15, 0.2) is 5.78 Å². The molecule has 21 heavy (non-hydrogen) atoms. The molecule has 0 amide bonds. The molecule has 0 spiro atoms. The average molecular weight is 307 g/mol. The molecule has 0 saturated carbocycles. The zero-order valence-corrected chi connectivity index (χ0v) is 12.8. The van der Waals surface area contributed by atoms with Crippen molar-refractivity contribution in [2.24, 2.45) is 0 Å². The molecule has 112 valence electrons. The molecule has 2 rings (SSSR count). The fourth-order valence-corrected chi connectivity index (χ4v) is 3.43. The summed E-state index contributed by atoms with van der Waals surface area (Å²) in [5, 5.41) is 0. The maximum atomic E-state index is 12.6. The van der Waals surface area contributed by atoms with Gasteiger partial charge in [-0.3, -0.25) is 4.79 Å². The molecule has 6 heteroatoms. The van der Waals surface area contributed by atoms with Gasteiger partial charge in [-0.2, -0.15) is 4.31 Å². The molecule has 0 atom stereocenters. The molecule has 0 N–H and O–H groups in total. The number of hydrogen-bond donors (Lipinski definition) is 0. The van der Waals surface area contributed by atoms with Gasteiger partial charge < -0.3 is 4.42 Å². The lowest BCUT2D eigenvalue weighted by Gasteiger charge is -2.19. The van der Waals surface area contributed by atoms with Crippen molar-refractivity contribution >= 4 is 15.8 Å². The second-order valence-electron chi connectivity index (χ2n) is 4.59. The number of Topliss-reactive ketones (excluding diaryl/α,β-unsaturated/α-hetero) is 1. The highest BCUT2D eigenvalue weighted by Crippen LogP contribution is 2.19. The number of furan rings is 1. The number of carbonyl (C=O) groups is 1. The molecule has 1 heterocycles. The Hall–Kier alpha value is -1.92. The summed E-state index contributed by atoms with van der Waals surface area (Å²) >= 11 is 0. The standard InChI is InChI=1S/C15H17NO4S/c1-3-16(11-14-7-5-9-20-14)21(18,19)15-8-4-6-13(10-15)12(2)17/h4-10H,3,11H2,1-2H3. The van der Waals surface area contributed by atoms with Gasteiger partial charge in [-0.25, -0.2) is 8.42 Å². The van der Waals surface area contributed by atoms with Crippen LogP contribution in [0.5, 0.6) is 0 Å². The Morgan fingerprint density at radius 2 is 2.00 bits per heavy atom. The SMILES string of the molecule is CCN(Cc1ccco1)S(=O)(=O)c1cccc(C(C)=O)c1. The lowest BCUT2D eigenvalue weighted by atomic mass is 10.2. The highest BCUT2D eigenvalue weighted by atomic mass is 32.2. The topological polar surface area (TPSA) is 67.6 Å². The first kappa shape index (κ1) is 15.5. The van der Waals surface area contributed by atoms with Crippen molar-refractivity contribution in [1.82, 2.24) is 4.31 Å². The van der Waals surface area contributed by atoms with Crippen LogP contribution in [0.1, 0.15) is 30.0 Å². The molecular weight excluding hydrogens is 290 g/mol. The van der Waals surface area contributed by atoms with Crippen LogP contribution in [0.15, 0.2) is 52.0 Å². The maximum absolute atomic E-state index is 12.6. The van der Waals surface area contributed by atoms with Gasteiger partial charge in [0.2, 0.25) is 10.0 Å². The van der Waals surface area contributed by atoms with E-state index in [9.17, 15) is 13.2 Å². The van der Waals surface area contributed by atoms with Crippen LogP contribution in [-0.4, -0.2) is 25.1 Å². The van der Waals surface area contributed by atoms with Crippen LogP contribution < -0.4 is 0 Å². The predicted octanol–water partition coefficient (Wildman–Crippen LogP) is 2.69. The van der Waals surface area contributed by atoms with Gasteiger partial charge in [-0.05, 0) is 31.2 Å². The molecule has 0 radical (unpaired) electrons. The molecule has 5 nitrogen and oxygen atoms in total. The summed E-state index contributed by atoms with van der Waals surface area (Å²) in [4.78, 5) is 11.5. The van der Waals surface area contributed by atoms with Crippen LogP contribution in [0.4, 0.5) is 0 Å². The molecule has 0 saturated heterocycles. The van der Waals surface area contributed by atoms with E-state index < -0.39 is 10.0 Å². The fraction of sp³-hybridized carbons (Fsp3) is 0.267. The molecule has 0 fully saturated rings. The lowest BCUT2D eigenvalue weighted by Crippen LogP contribution is -2.30. The van der Waals surface area contributed by atoms with Crippen LogP contribution in [-0.2, 0) is 16.6 Å². The molecular formula is C15H17NO4S. The van der Waals surface area contributed by atoms with Gasteiger partial charge in [0.25, 0.3) is 0 Å². The van der Waals surface area contributed by atoms with Crippen molar-refractivity contribution < 1.29 is 17.6 Å². The third kappa shape index (κ3) is 3.40. The van der Waals surface area contributed by atoms with Crippen LogP contribution in [0.3, 0.4) is 0 Å². The zero-order valence-electron chi connectivity index (χ0n) is 11.9. The summed E-state index contributed by atoms with van der Waals surface area (Å²) in [7, 11) is -3.66. The first-order valence-electron chi connectivity index (χ1n) is 6.58. The third-order valence-electron chi connectivity index (χ3n) is 3.14. The monoisotopic (exact) mass is 307 g/mol. The van der Waals surface area contributed by atoms with Crippen molar-refractivity contribution in [1.29, 1.82) is 0 Å². The predicted molar refractivity (Wildman–Crippen MR) is 78.4 cm³/mol. The second kappa shape index (κ2) is 6.24. The molecule has 0 aliphatic rings. The van der Waals surface area contributed by atoms with E-state index >= 15 is 0 Å². The van der Waals surface area contributed by atoms with Crippen LogP contribution in [0, 0.1) is 0 Å². The van der Waals surface area contributed by atoms with Crippen molar-refractivity contribution in [3.05, 3.63) is 54.0 Å². The van der Waals surface area contributed by atoms with Gasteiger partial charge in [0.1, 0.15) is 5.76 Å². The Balaban J connectivity index is 2.35. The molecule has 0 bridgehead atoms. The van der Waals surface area contributed by atoms with Crippen molar-refractivity contribution in [2.75, 3.05) is 6.54 Å². The van der Waals surface area contributed by atoms with Gasteiger partial charge in [0.05, 0.1) is 17.7 Å². The third-order valence-corrected chi connectivity index (χ3v) is 5.06. The number of nitrogens with zero attached hydrogens (tertiary/aromatic N) is 1. The quantitative estimate of drug-likeness (QED) is 0.770. The normalized spacial score (nSPS) is 11.8. The molecule has 2 aromatic rings. The highest BCUT2D eigenvalue weighted by molar-refractivity contribution is 7.89. The Morgan fingerprint density at radius 1 is 1.24 bits per heavy atom. The molecule has 0 aliphatic carbocycles. The van der Waals surface area contributed by atoms with Gasteiger partial charge in [-0.1, -0.05) is 19.1 Å². The summed E-state index contributed by atoms with van der Waals surface area (Å²) in [5.41, 5.74) is 0.380. The van der Waals surface area contributed by atoms with E-state index in [1.54, 1.807) is 31.2 Å². The fourth-order valence-electron chi connectivity index (χ4n) is 1.97. The minimum absolute atomic E-state index is 0.114. The average Bonchev–Trinajstić information content (AvgIpc) is 2.97. The van der Waals surface area contributed by atoms with E-state index in [-0.39, 0.29) is 17.2 Å². The first-order chi connectivity index (χ1) is 9.95. The summed E-state index contributed by atoms with van der Waals surface area (Å²) in [6.45, 7) is 3.64. The second-order valence-corrected chi connectivity index (χ2v) is 6.53. The summed E-state index contributed by atoms with van der Waals surface area (Å²) < 4.78 is 31.8. The van der Waals surface area contributed by atoms with Crippen molar-refractivity contribution in [3.8, 4) is 0 Å². The number of hydrogen-bond acceptors (Lipinski definition) is 4. The van der Waals surface area contributed by atoms with E-state index in [1.807, 2.05) is 0 Å². The van der Waals surface area contributed by atoms with Gasteiger partial charge in [0, 0.05) is 12.1 Å². The number of benzene rings is 1. The largest absolute Gasteiger partial charge is 0.468 e. The number of sulfonamides is 1. The minimum atomic E-state index is -3.66. The van der Waals surface area contributed by atoms with Gasteiger partial charge in [-0.15, -0.1) is 0 Å². The summed E-state index contributed by atoms with van der Waals surface area (Å²) in [5.74, 6) is 0.407. The first-order valence-corrected chi connectivity index (χ1v) is 8.02. The number of ketones is 1. The van der Waals surface area contributed by atoms with Crippen LogP contribution in [0.2, 0.25) is 0 Å². The molecule has 0 unspecified atom stereocenters. The smallest absolute Gasteiger partial charge is 0.243 e. The summed E-state index contributed by atoms with van der Waals surface area (Å²) in [6, 6.07) is 9.51. The Labute approximate surface area is 124 Å². The number of rotatable bonds is 6. The summed E-state index contributed by atoms with van der Waals surface area (Å²) in [6.07, 6.45) is 1.51. The van der Waals surface area contributed by atoms with E-state index in [1.165, 1.54) is 29.6 Å². The van der Waals surface area contributed by atoms with Crippen molar-refractivity contribution in [2.45, 2.75) is 25.3 Å². The maximum Gasteiger partial charge on any atom is 0.243 e. The van der Waals surface area contributed by atoms with Gasteiger partial charge >= 0.3 is 0 Å². The molecule has 1 aromatic carbocycles. The van der Waals surface area contributed by atoms with E-state index in [2.05, 4.69) is 0 Å². The van der Waals surface area contributed by atoms with Crippen LogP contribution >= 0.6 is 0 Å². The minimum Gasteiger partial charge on any atom is -0.468 e. The highest BCUT2D eigenvalue weighted by Gasteiger charge is 2.24. The van der Waals surface area contributed by atoms with E-state index in [4.69, 9.17) is 4.42 Å². The molecule has 1 aromatic heterocycles. The molecule has 0 aliphatic heterocycles. The number of carbonyl (C=O) groups excluding carboxylic acids is 1. The Kier molecular flexibility index (Phi) is 4.59.